The topological polar surface area (TPSA) is 55.6 Å². The van der Waals surface area contributed by atoms with E-state index in [0.29, 0.717) is 6.61 Å². The summed E-state index contributed by atoms with van der Waals surface area (Å²) in [5, 5.41) is 9.33. The van der Waals surface area contributed by atoms with Gasteiger partial charge in [0, 0.05) is 6.92 Å². The Morgan fingerprint density at radius 1 is 1.64 bits per heavy atom. The summed E-state index contributed by atoms with van der Waals surface area (Å²) in [4.78, 5) is 3.13. The van der Waals surface area contributed by atoms with Crippen LogP contribution in [0.25, 0.3) is 4.85 Å². The molecule has 1 N–H and O–H groups in total. The van der Waals surface area contributed by atoms with E-state index in [-0.39, 0.29) is 19.3 Å². The fourth-order valence-corrected chi connectivity index (χ4v) is 0.836. The van der Waals surface area contributed by atoms with Gasteiger partial charge in [-0.3, -0.25) is 4.85 Å². The van der Waals surface area contributed by atoms with Crippen molar-refractivity contribution in [2.75, 3.05) is 26.4 Å². The summed E-state index contributed by atoms with van der Waals surface area (Å²) in [7, 11) is 0. The number of hydrogen-bond acceptors (Lipinski definition) is 4. The van der Waals surface area contributed by atoms with Crippen LogP contribution >= 0.6 is 0 Å². The van der Waals surface area contributed by atoms with Crippen LogP contribution in [0.5, 0.6) is 0 Å². The summed E-state index contributed by atoms with van der Waals surface area (Å²) in [5.41, 5.74) is 0. The van der Waals surface area contributed by atoms with Gasteiger partial charge in [0.1, 0.15) is 12.2 Å². The van der Waals surface area contributed by atoms with E-state index in [1.54, 1.807) is 6.92 Å². The van der Waals surface area contributed by atoms with Crippen molar-refractivity contribution >= 4 is 0 Å². The molecule has 1 aliphatic heterocycles. The first-order valence-corrected chi connectivity index (χ1v) is 4.58. The van der Waals surface area contributed by atoms with Crippen molar-refractivity contribution in [2.45, 2.75) is 25.4 Å². The van der Waals surface area contributed by atoms with E-state index in [2.05, 4.69) is 4.85 Å². The summed E-state index contributed by atoms with van der Waals surface area (Å²) in [6, 6.07) is 0. The van der Waals surface area contributed by atoms with Gasteiger partial charge >= 0.3 is 6.23 Å². The van der Waals surface area contributed by atoms with Crippen molar-refractivity contribution in [3.8, 4) is 0 Å². The lowest BCUT2D eigenvalue weighted by atomic mass is 10.4. The van der Waals surface area contributed by atoms with Gasteiger partial charge in [0.2, 0.25) is 0 Å². The van der Waals surface area contributed by atoms with E-state index in [4.69, 9.17) is 20.8 Å². The highest BCUT2D eigenvalue weighted by Crippen LogP contribution is 2.08. The predicted molar refractivity (Wildman–Crippen MR) is 48.6 cm³/mol. The lowest BCUT2D eigenvalue weighted by molar-refractivity contribution is -0.0321. The molecule has 1 saturated heterocycles. The van der Waals surface area contributed by atoms with Crippen LogP contribution in [0.15, 0.2) is 0 Å². The Morgan fingerprint density at radius 3 is 2.93 bits per heavy atom. The molecule has 0 radical (unpaired) electrons. The second-order valence-corrected chi connectivity index (χ2v) is 3.21. The number of hydrogen-bond donors (Lipinski definition) is 1. The van der Waals surface area contributed by atoms with E-state index < -0.39 is 12.3 Å². The first kappa shape index (κ1) is 11.4. The monoisotopic (exact) mass is 201 g/mol. The second-order valence-electron chi connectivity index (χ2n) is 3.21. The van der Waals surface area contributed by atoms with Gasteiger partial charge in [0.05, 0.1) is 26.4 Å². The van der Waals surface area contributed by atoms with E-state index >= 15 is 0 Å². The molecule has 1 heterocycles. The van der Waals surface area contributed by atoms with E-state index in [1.165, 1.54) is 0 Å². The zero-order chi connectivity index (χ0) is 10.4. The summed E-state index contributed by atoms with van der Waals surface area (Å²) in [6.45, 7) is 9.90. The number of rotatable bonds is 7. The third kappa shape index (κ3) is 5.14. The van der Waals surface area contributed by atoms with Crippen molar-refractivity contribution in [3.05, 3.63) is 11.4 Å². The van der Waals surface area contributed by atoms with Crippen LogP contribution in [0.4, 0.5) is 0 Å². The molecule has 80 valence electrons. The molecule has 1 rings (SSSR count). The average Bonchev–Trinajstić information content (AvgIpc) is 2.98. The minimum absolute atomic E-state index is 0.134. The Bertz CT molecular complexity index is 199. The minimum Gasteiger partial charge on any atom is -0.388 e. The molecule has 1 fully saturated rings. The lowest BCUT2D eigenvalue weighted by Crippen LogP contribution is -2.24. The van der Waals surface area contributed by atoms with Crippen molar-refractivity contribution in [3.63, 3.8) is 0 Å². The maximum Gasteiger partial charge on any atom is 0.325 e. The van der Waals surface area contributed by atoms with Crippen molar-refractivity contribution in [2.24, 2.45) is 0 Å². The van der Waals surface area contributed by atoms with Crippen LogP contribution in [0.2, 0.25) is 0 Å². The van der Waals surface area contributed by atoms with Crippen molar-refractivity contribution < 1.29 is 19.3 Å². The maximum atomic E-state index is 9.33. The lowest BCUT2D eigenvalue weighted by Gasteiger charge is -2.10. The molecule has 0 aromatic heterocycles. The highest BCUT2D eigenvalue weighted by atomic mass is 16.6. The molecule has 3 unspecified atom stereocenters. The van der Waals surface area contributed by atoms with E-state index in [0.717, 1.165) is 6.61 Å². The SMILES string of the molecule is [C-]#[N+]C(C)OCC(O)COCC1CO1. The van der Waals surface area contributed by atoms with Crippen molar-refractivity contribution in [1.82, 2.24) is 0 Å². The van der Waals surface area contributed by atoms with Gasteiger partial charge in [0.25, 0.3) is 0 Å². The van der Waals surface area contributed by atoms with Crippen LogP contribution in [-0.2, 0) is 14.2 Å². The minimum atomic E-state index is -0.669. The van der Waals surface area contributed by atoms with Gasteiger partial charge in [-0.2, -0.15) is 0 Å². The first-order valence-electron chi connectivity index (χ1n) is 4.58. The summed E-state index contributed by atoms with van der Waals surface area (Å²) < 4.78 is 15.1. The molecule has 0 aromatic carbocycles. The quantitative estimate of drug-likeness (QED) is 0.467. The zero-order valence-electron chi connectivity index (χ0n) is 8.18. The second kappa shape index (κ2) is 5.94. The van der Waals surface area contributed by atoms with Crippen LogP contribution in [0.3, 0.4) is 0 Å². The fourth-order valence-electron chi connectivity index (χ4n) is 0.836. The van der Waals surface area contributed by atoms with E-state index in [1.807, 2.05) is 0 Å². The van der Waals surface area contributed by atoms with Gasteiger partial charge in [0.15, 0.2) is 0 Å². The Morgan fingerprint density at radius 2 is 2.36 bits per heavy atom. The summed E-state index contributed by atoms with van der Waals surface area (Å²) >= 11 is 0. The standard InChI is InChI=1S/C9H15NO4/c1-7(10-2)13-4-8(11)3-12-5-9-6-14-9/h7-9,11H,3-6H2,1H3. The van der Waals surface area contributed by atoms with Crippen LogP contribution < -0.4 is 0 Å². The van der Waals surface area contributed by atoms with Gasteiger partial charge in [-0.1, -0.05) is 0 Å². The number of nitrogens with zero attached hydrogens (tertiary/aromatic N) is 1. The highest BCUT2D eigenvalue weighted by Gasteiger charge is 2.22. The van der Waals surface area contributed by atoms with Gasteiger partial charge < -0.3 is 19.3 Å². The predicted octanol–water partition coefficient (Wildman–Crippen LogP) is 0.0446. The molecule has 5 nitrogen and oxygen atoms in total. The Balaban J connectivity index is 1.92. The van der Waals surface area contributed by atoms with Gasteiger partial charge in [-0.25, -0.2) is 6.57 Å². The molecule has 0 saturated carbocycles. The number of epoxide rings is 1. The smallest absolute Gasteiger partial charge is 0.325 e. The fraction of sp³-hybridized carbons (Fsp3) is 0.889. The zero-order valence-corrected chi connectivity index (χ0v) is 8.18. The Hall–Kier alpha value is -0.670. The molecular formula is C9H15NO4. The maximum absolute atomic E-state index is 9.33. The Labute approximate surface area is 83.4 Å². The molecule has 0 amide bonds. The van der Waals surface area contributed by atoms with Crippen molar-refractivity contribution in [1.29, 1.82) is 0 Å². The highest BCUT2D eigenvalue weighted by molar-refractivity contribution is 4.68. The summed E-state index contributed by atoms with van der Waals surface area (Å²) in [6.07, 6.45) is -0.959. The van der Waals surface area contributed by atoms with Gasteiger partial charge in [-0.05, 0) is 0 Å². The molecule has 0 aliphatic carbocycles. The first-order chi connectivity index (χ1) is 6.72. The molecule has 0 spiro atoms. The van der Waals surface area contributed by atoms with Gasteiger partial charge in [-0.15, -0.1) is 0 Å². The molecule has 5 heteroatoms. The molecular weight excluding hydrogens is 186 g/mol. The van der Waals surface area contributed by atoms with Crippen LogP contribution in [0, 0.1) is 6.57 Å². The molecule has 1 aliphatic rings. The van der Waals surface area contributed by atoms with Crippen LogP contribution in [-0.4, -0.2) is 50.0 Å². The Kier molecular flexibility index (Phi) is 4.84. The number of aliphatic hydroxyl groups is 1. The number of ether oxygens (including phenoxy) is 3. The summed E-state index contributed by atoms with van der Waals surface area (Å²) in [5.74, 6) is 0. The largest absolute Gasteiger partial charge is 0.388 e. The third-order valence-electron chi connectivity index (χ3n) is 1.73. The molecule has 3 atom stereocenters. The molecule has 0 aromatic rings. The average molecular weight is 201 g/mol. The normalized spacial score (nSPS) is 23.9. The third-order valence-corrected chi connectivity index (χ3v) is 1.73. The van der Waals surface area contributed by atoms with E-state index in [9.17, 15) is 5.11 Å². The van der Waals surface area contributed by atoms with Crippen LogP contribution in [0.1, 0.15) is 6.92 Å². The molecule has 0 bridgehead atoms. The number of aliphatic hydroxyl groups excluding tert-OH is 1. The molecule has 14 heavy (non-hydrogen) atoms.